The van der Waals surface area contributed by atoms with Crippen LogP contribution < -0.4 is 5.73 Å². The van der Waals surface area contributed by atoms with Gasteiger partial charge in [-0.15, -0.1) is 0 Å². The minimum Gasteiger partial charge on any atom is -0.329 e. The van der Waals surface area contributed by atoms with Crippen molar-refractivity contribution in [2.75, 3.05) is 13.6 Å². The van der Waals surface area contributed by atoms with Gasteiger partial charge in [0.05, 0.1) is 0 Å². The van der Waals surface area contributed by atoms with Crippen molar-refractivity contribution in [1.29, 1.82) is 0 Å². The Labute approximate surface area is 114 Å². The second kappa shape index (κ2) is 6.38. The molecular formula is C16H34N2. The van der Waals surface area contributed by atoms with Gasteiger partial charge in [0, 0.05) is 18.6 Å². The van der Waals surface area contributed by atoms with Crippen LogP contribution in [0.2, 0.25) is 0 Å². The summed E-state index contributed by atoms with van der Waals surface area (Å²) < 4.78 is 0. The van der Waals surface area contributed by atoms with Crippen LogP contribution in [0.5, 0.6) is 0 Å². The fourth-order valence-electron chi connectivity index (χ4n) is 3.26. The van der Waals surface area contributed by atoms with E-state index in [9.17, 15) is 0 Å². The Kier molecular flexibility index (Phi) is 5.67. The molecule has 1 rings (SSSR count). The summed E-state index contributed by atoms with van der Waals surface area (Å²) in [5.41, 5.74) is 6.40. The molecular weight excluding hydrogens is 220 g/mol. The summed E-state index contributed by atoms with van der Waals surface area (Å²) in [7, 11) is 2.27. The zero-order valence-corrected chi connectivity index (χ0v) is 13.4. The molecule has 2 heteroatoms. The first-order valence-corrected chi connectivity index (χ1v) is 7.69. The smallest absolute Gasteiger partial charge is 0.0246 e. The van der Waals surface area contributed by atoms with Crippen LogP contribution in [0.1, 0.15) is 60.3 Å². The highest BCUT2D eigenvalue weighted by Crippen LogP contribution is 2.34. The topological polar surface area (TPSA) is 29.3 Å². The van der Waals surface area contributed by atoms with Crippen molar-refractivity contribution in [3.05, 3.63) is 0 Å². The van der Waals surface area contributed by atoms with Crippen LogP contribution >= 0.6 is 0 Å². The molecule has 1 saturated carbocycles. The molecule has 0 saturated heterocycles. The number of nitrogens with zero attached hydrogens (tertiary/aromatic N) is 1. The third-order valence-electron chi connectivity index (χ3n) is 5.23. The number of hydrogen-bond acceptors (Lipinski definition) is 2. The first-order chi connectivity index (χ1) is 8.27. The molecule has 1 fully saturated rings. The number of likely N-dealkylation sites (N-methyl/N-ethyl adjacent to an activating group) is 1. The number of hydrogen-bond donors (Lipinski definition) is 1. The maximum absolute atomic E-state index is 6.08. The maximum atomic E-state index is 6.08. The highest BCUT2D eigenvalue weighted by molar-refractivity contribution is 4.88. The zero-order valence-electron chi connectivity index (χ0n) is 13.4. The molecule has 0 aromatic rings. The lowest BCUT2D eigenvalue weighted by Gasteiger charge is -2.44. The van der Waals surface area contributed by atoms with E-state index < -0.39 is 0 Å². The molecule has 2 unspecified atom stereocenters. The number of nitrogens with two attached hydrogens (primary N) is 1. The van der Waals surface area contributed by atoms with Gasteiger partial charge in [0.1, 0.15) is 0 Å². The average molecular weight is 254 g/mol. The molecule has 0 aliphatic heterocycles. The Bertz CT molecular complexity index is 236. The van der Waals surface area contributed by atoms with E-state index in [4.69, 9.17) is 5.73 Å². The van der Waals surface area contributed by atoms with Crippen molar-refractivity contribution in [2.24, 2.45) is 23.0 Å². The standard InChI is InChI=1S/C16H34N2/c1-12-7-9-14(10-8-12)15(11-17)18(6)13(2)16(3,4)5/h12-15H,7-11,17H2,1-6H3. The van der Waals surface area contributed by atoms with Crippen molar-refractivity contribution in [1.82, 2.24) is 4.90 Å². The van der Waals surface area contributed by atoms with E-state index >= 15 is 0 Å². The normalized spacial score (nSPS) is 29.3. The van der Waals surface area contributed by atoms with E-state index in [-0.39, 0.29) is 0 Å². The fourth-order valence-corrected chi connectivity index (χ4v) is 3.26. The Hall–Kier alpha value is -0.0800. The molecule has 2 nitrogen and oxygen atoms in total. The first-order valence-electron chi connectivity index (χ1n) is 7.69. The van der Waals surface area contributed by atoms with E-state index in [1.807, 2.05) is 0 Å². The minimum atomic E-state index is 0.324. The predicted molar refractivity (Wildman–Crippen MR) is 80.6 cm³/mol. The first kappa shape index (κ1) is 16.0. The molecule has 108 valence electrons. The van der Waals surface area contributed by atoms with Gasteiger partial charge >= 0.3 is 0 Å². The monoisotopic (exact) mass is 254 g/mol. The van der Waals surface area contributed by atoms with Crippen molar-refractivity contribution in [2.45, 2.75) is 72.4 Å². The van der Waals surface area contributed by atoms with Gasteiger partial charge in [-0.1, -0.05) is 40.5 Å². The largest absolute Gasteiger partial charge is 0.329 e. The van der Waals surface area contributed by atoms with Crippen LogP contribution in [-0.2, 0) is 0 Å². The van der Waals surface area contributed by atoms with E-state index in [1.54, 1.807) is 0 Å². The highest BCUT2D eigenvalue weighted by atomic mass is 15.2. The van der Waals surface area contributed by atoms with E-state index in [2.05, 4.69) is 46.6 Å². The summed E-state index contributed by atoms with van der Waals surface area (Å²) in [6.45, 7) is 12.5. The van der Waals surface area contributed by atoms with E-state index in [0.717, 1.165) is 18.4 Å². The maximum Gasteiger partial charge on any atom is 0.0246 e. The minimum absolute atomic E-state index is 0.324. The summed E-state index contributed by atoms with van der Waals surface area (Å²) in [6, 6.07) is 1.14. The SMILES string of the molecule is CC1CCC(C(CN)N(C)C(C)C(C)(C)C)CC1. The highest BCUT2D eigenvalue weighted by Gasteiger charge is 2.33. The molecule has 18 heavy (non-hydrogen) atoms. The molecule has 0 aromatic heterocycles. The van der Waals surface area contributed by atoms with Gasteiger partial charge in [0.2, 0.25) is 0 Å². The van der Waals surface area contributed by atoms with E-state index in [1.165, 1.54) is 25.7 Å². The summed E-state index contributed by atoms with van der Waals surface area (Å²) in [4.78, 5) is 2.54. The van der Waals surface area contributed by atoms with Gasteiger partial charge in [-0.3, -0.25) is 4.90 Å². The van der Waals surface area contributed by atoms with Gasteiger partial charge in [-0.2, -0.15) is 0 Å². The van der Waals surface area contributed by atoms with E-state index in [0.29, 0.717) is 17.5 Å². The lowest BCUT2D eigenvalue weighted by atomic mass is 9.77. The Morgan fingerprint density at radius 2 is 1.67 bits per heavy atom. The van der Waals surface area contributed by atoms with Gasteiger partial charge in [-0.05, 0) is 44.1 Å². The Morgan fingerprint density at radius 3 is 2.06 bits per heavy atom. The van der Waals surface area contributed by atoms with Gasteiger partial charge in [0.15, 0.2) is 0 Å². The van der Waals surface area contributed by atoms with Crippen molar-refractivity contribution in [3.8, 4) is 0 Å². The quantitative estimate of drug-likeness (QED) is 0.832. The second-order valence-corrected chi connectivity index (χ2v) is 7.53. The van der Waals surface area contributed by atoms with Crippen LogP contribution in [0.3, 0.4) is 0 Å². The molecule has 0 amide bonds. The van der Waals surface area contributed by atoms with Crippen molar-refractivity contribution < 1.29 is 0 Å². The summed E-state index contributed by atoms with van der Waals surface area (Å²) in [5, 5.41) is 0. The molecule has 0 spiro atoms. The second-order valence-electron chi connectivity index (χ2n) is 7.53. The zero-order chi connectivity index (χ0) is 13.9. The summed E-state index contributed by atoms with van der Waals surface area (Å²) >= 11 is 0. The lowest BCUT2D eigenvalue weighted by Crippen LogP contribution is -2.52. The molecule has 1 aliphatic rings. The van der Waals surface area contributed by atoms with Crippen LogP contribution in [-0.4, -0.2) is 30.6 Å². The number of rotatable bonds is 4. The van der Waals surface area contributed by atoms with Crippen LogP contribution in [0, 0.1) is 17.3 Å². The molecule has 0 aromatic carbocycles. The van der Waals surface area contributed by atoms with Crippen molar-refractivity contribution in [3.63, 3.8) is 0 Å². The summed E-state index contributed by atoms with van der Waals surface area (Å²) in [6.07, 6.45) is 5.51. The predicted octanol–water partition coefficient (Wildman–Crippen LogP) is 3.51. The molecule has 2 N–H and O–H groups in total. The Balaban J connectivity index is 2.65. The fraction of sp³-hybridized carbons (Fsp3) is 1.00. The molecule has 2 atom stereocenters. The summed E-state index contributed by atoms with van der Waals surface area (Å²) in [5.74, 6) is 1.73. The van der Waals surface area contributed by atoms with Gasteiger partial charge < -0.3 is 5.73 Å². The molecule has 1 aliphatic carbocycles. The molecule has 0 heterocycles. The third-order valence-corrected chi connectivity index (χ3v) is 5.23. The molecule has 0 bridgehead atoms. The van der Waals surface area contributed by atoms with Gasteiger partial charge in [0.25, 0.3) is 0 Å². The molecule has 0 radical (unpaired) electrons. The Morgan fingerprint density at radius 1 is 1.17 bits per heavy atom. The average Bonchev–Trinajstić information content (AvgIpc) is 2.30. The van der Waals surface area contributed by atoms with Crippen LogP contribution in [0.15, 0.2) is 0 Å². The lowest BCUT2D eigenvalue weighted by molar-refractivity contribution is 0.0550. The third kappa shape index (κ3) is 3.96. The van der Waals surface area contributed by atoms with Crippen LogP contribution in [0.4, 0.5) is 0 Å². The van der Waals surface area contributed by atoms with Crippen molar-refractivity contribution >= 4 is 0 Å². The van der Waals surface area contributed by atoms with Gasteiger partial charge in [-0.25, -0.2) is 0 Å². The van der Waals surface area contributed by atoms with Crippen LogP contribution in [0.25, 0.3) is 0 Å².